The first kappa shape index (κ1) is 11.2. The Kier molecular flexibility index (Phi) is 2.85. The maximum absolute atomic E-state index is 9.47. The lowest BCUT2D eigenvalue weighted by molar-refractivity contribution is 0.473. The molecule has 0 unspecified atom stereocenters. The average Bonchev–Trinajstić information content (AvgIpc) is 2.41. The van der Waals surface area contributed by atoms with Gasteiger partial charge in [0, 0.05) is 12.1 Å². The Morgan fingerprint density at radius 3 is 2.47 bits per heavy atom. The summed E-state index contributed by atoms with van der Waals surface area (Å²) >= 11 is 0. The second kappa shape index (κ2) is 4.31. The molecule has 0 amide bonds. The number of rotatable bonds is 1. The first-order chi connectivity index (χ1) is 8.22. The molecule has 0 saturated carbocycles. The van der Waals surface area contributed by atoms with Crippen LogP contribution in [0.1, 0.15) is 24.8 Å². The molecule has 0 radical (unpaired) electrons. The fraction of sp³-hybridized carbons (Fsp3) is 0.286. The molecule has 84 valence electrons. The van der Waals surface area contributed by atoms with Crippen molar-refractivity contribution < 1.29 is 0 Å². The number of allylic oxidation sites excluding steroid dienone is 2. The largest absolute Gasteiger partial charge is 0.401 e. The lowest BCUT2D eigenvalue weighted by Gasteiger charge is -2.31. The van der Waals surface area contributed by atoms with E-state index in [0.29, 0.717) is 30.5 Å². The van der Waals surface area contributed by atoms with Gasteiger partial charge in [0.2, 0.25) is 0 Å². The molecule has 1 aromatic rings. The third-order valence-electron chi connectivity index (χ3n) is 3.36. The predicted octanol–water partition coefficient (Wildman–Crippen LogP) is 2.37. The number of nitrogens with zero attached hydrogens (tertiary/aromatic N) is 2. The van der Waals surface area contributed by atoms with E-state index in [-0.39, 0.29) is 0 Å². The summed E-state index contributed by atoms with van der Waals surface area (Å²) in [4.78, 5) is 0. The highest BCUT2D eigenvalue weighted by Crippen LogP contribution is 2.40. The van der Waals surface area contributed by atoms with Crippen LogP contribution in [-0.4, -0.2) is 0 Å². The molecule has 1 atom stereocenters. The van der Waals surface area contributed by atoms with Crippen molar-refractivity contribution in [3.8, 4) is 12.1 Å². The highest BCUT2D eigenvalue weighted by Gasteiger charge is 2.37. The van der Waals surface area contributed by atoms with Gasteiger partial charge in [-0.1, -0.05) is 30.3 Å². The molecular weight excluding hydrogens is 210 g/mol. The minimum absolute atomic E-state index is 0.426. The van der Waals surface area contributed by atoms with Gasteiger partial charge in [0.1, 0.15) is 0 Å². The molecule has 0 bridgehead atoms. The van der Waals surface area contributed by atoms with Gasteiger partial charge in [-0.2, -0.15) is 10.5 Å². The molecule has 17 heavy (non-hydrogen) atoms. The van der Waals surface area contributed by atoms with Gasteiger partial charge >= 0.3 is 0 Å². The molecule has 0 fully saturated rings. The van der Waals surface area contributed by atoms with Crippen molar-refractivity contribution in [1.29, 1.82) is 10.5 Å². The molecule has 3 nitrogen and oxygen atoms in total. The van der Waals surface area contributed by atoms with Crippen molar-refractivity contribution in [3.05, 3.63) is 47.2 Å². The standard InChI is InChI=1S/C14H13N3/c15-9-11-8-14(10-16,7-6-13(11)17)12-4-2-1-3-5-12/h1-5H,6-8,17H2/t14-/m0/s1. The topological polar surface area (TPSA) is 73.6 Å². The molecule has 2 N–H and O–H groups in total. The number of nitrogens with two attached hydrogens (primary N) is 1. The minimum Gasteiger partial charge on any atom is -0.401 e. The number of nitriles is 2. The van der Waals surface area contributed by atoms with Crippen molar-refractivity contribution in [2.24, 2.45) is 5.73 Å². The quantitative estimate of drug-likeness (QED) is 0.794. The summed E-state index contributed by atoms with van der Waals surface area (Å²) in [5.41, 5.74) is 7.37. The van der Waals surface area contributed by atoms with Gasteiger partial charge in [-0.15, -0.1) is 0 Å². The minimum atomic E-state index is -0.588. The average molecular weight is 223 g/mol. The number of benzene rings is 1. The van der Waals surface area contributed by atoms with Gasteiger partial charge in [-0.05, 0) is 18.4 Å². The van der Waals surface area contributed by atoms with E-state index in [2.05, 4.69) is 12.1 Å². The Hall–Kier alpha value is -2.26. The van der Waals surface area contributed by atoms with Crippen molar-refractivity contribution >= 4 is 0 Å². The monoisotopic (exact) mass is 223 g/mol. The summed E-state index contributed by atoms with van der Waals surface area (Å²) in [6.45, 7) is 0. The van der Waals surface area contributed by atoms with Crippen LogP contribution in [0.25, 0.3) is 0 Å². The van der Waals surface area contributed by atoms with Gasteiger partial charge in [-0.25, -0.2) is 0 Å². The molecular formula is C14H13N3. The molecule has 0 saturated heterocycles. The Labute approximate surface area is 101 Å². The third kappa shape index (κ3) is 1.88. The maximum atomic E-state index is 9.47. The van der Waals surface area contributed by atoms with Gasteiger partial charge in [-0.3, -0.25) is 0 Å². The molecule has 0 heterocycles. The van der Waals surface area contributed by atoms with Gasteiger partial charge in [0.05, 0.1) is 23.1 Å². The second-order valence-electron chi connectivity index (χ2n) is 4.35. The predicted molar refractivity (Wildman–Crippen MR) is 64.4 cm³/mol. The molecule has 0 aliphatic heterocycles. The molecule has 1 aromatic carbocycles. The smallest absolute Gasteiger partial charge is 0.0965 e. The Morgan fingerprint density at radius 1 is 1.18 bits per heavy atom. The van der Waals surface area contributed by atoms with Crippen molar-refractivity contribution in [2.75, 3.05) is 0 Å². The van der Waals surface area contributed by atoms with Crippen LogP contribution >= 0.6 is 0 Å². The van der Waals surface area contributed by atoms with Crippen LogP contribution < -0.4 is 5.73 Å². The van der Waals surface area contributed by atoms with E-state index in [1.165, 1.54) is 0 Å². The SMILES string of the molecule is N#CC1=C(N)CC[C@](C#N)(c2ccccc2)C1. The molecule has 2 rings (SSSR count). The zero-order chi connectivity index (χ0) is 12.3. The molecule has 0 aromatic heterocycles. The van der Waals surface area contributed by atoms with Crippen LogP contribution in [0.2, 0.25) is 0 Å². The lowest BCUT2D eigenvalue weighted by Crippen LogP contribution is -2.30. The molecule has 1 aliphatic carbocycles. The fourth-order valence-electron chi connectivity index (χ4n) is 2.28. The van der Waals surface area contributed by atoms with Crippen LogP contribution in [0.3, 0.4) is 0 Å². The van der Waals surface area contributed by atoms with Crippen LogP contribution in [0, 0.1) is 22.7 Å². The highest BCUT2D eigenvalue weighted by molar-refractivity contribution is 5.41. The van der Waals surface area contributed by atoms with Crippen LogP contribution in [0.5, 0.6) is 0 Å². The second-order valence-corrected chi connectivity index (χ2v) is 4.35. The van der Waals surface area contributed by atoms with Crippen molar-refractivity contribution in [2.45, 2.75) is 24.7 Å². The van der Waals surface area contributed by atoms with Crippen LogP contribution in [0.15, 0.2) is 41.6 Å². The van der Waals surface area contributed by atoms with Gasteiger partial charge < -0.3 is 5.73 Å². The van der Waals surface area contributed by atoms with Crippen molar-refractivity contribution in [3.63, 3.8) is 0 Å². The third-order valence-corrected chi connectivity index (χ3v) is 3.36. The zero-order valence-electron chi connectivity index (χ0n) is 9.48. The summed E-state index contributed by atoms with van der Waals surface area (Å²) in [6.07, 6.45) is 1.73. The zero-order valence-corrected chi connectivity index (χ0v) is 9.48. The van der Waals surface area contributed by atoms with E-state index in [1.807, 2.05) is 30.3 Å². The van der Waals surface area contributed by atoms with E-state index in [0.717, 1.165) is 5.56 Å². The Bertz CT molecular complexity index is 531. The van der Waals surface area contributed by atoms with Crippen LogP contribution in [0.4, 0.5) is 0 Å². The summed E-state index contributed by atoms with van der Waals surface area (Å²) in [5.74, 6) is 0. The number of hydrogen-bond donors (Lipinski definition) is 1. The molecule has 0 spiro atoms. The van der Waals surface area contributed by atoms with Crippen molar-refractivity contribution in [1.82, 2.24) is 0 Å². The fourth-order valence-corrected chi connectivity index (χ4v) is 2.28. The number of hydrogen-bond acceptors (Lipinski definition) is 3. The van der Waals surface area contributed by atoms with E-state index in [4.69, 9.17) is 11.0 Å². The summed E-state index contributed by atoms with van der Waals surface area (Å²) in [5, 5.41) is 18.5. The van der Waals surface area contributed by atoms with Crippen LogP contribution in [-0.2, 0) is 5.41 Å². The first-order valence-corrected chi connectivity index (χ1v) is 5.56. The van der Waals surface area contributed by atoms with Gasteiger partial charge in [0.25, 0.3) is 0 Å². The highest BCUT2D eigenvalue weighted by atomic mass is 14.6. The summed E-state index contributed by atoms with van der Waals surface area (Å²) in [7, 11) is 0. The maximum Gasteiger partial charge on any atom is 0.0965 e. The Morgan fingerprint density at radius 2 is 1.88 bits per heavy atom. The summed E-state index contributed by atoms with van der Waals surface area (Å²) in [6, 6.07) is 14.1. The molecule has 1 aliphatic rings. The van der Waals surface area contributed by atoms with Gasteiger partial charge in [0.15, 0.2) is 0 Å². The summed E-state index contributed by atoms with van der Waals surface area (Å²) < 4.78 is 0. The molecule has 3 heteroatoms. The van der Waals surface area contributed by atoms with E-state index in [9.17, 15) is 5.26 Å². The van der Waals surface area contributed by atoms with E-state index >= 15 is 0 Å². The normalized spacial score (nSPS) is 23.9. The van der Waals surface area contributed by atoms with E-state index in [1.54, 1.807) is 0 Å². The van der Waals surface area contributed by atoms with E-state index < -0.39 is 5.41 Å². The lowest BCUT2D eigenvalue weighted by atomic mass is 9.70. The first-order valence-electron chi connectivity index (χ1n) is 5.56. The Balaban J connectivity index is 2.44.